The van der Waals surface area contributed by atoms with Gasteiger partial charge < -0.3 is 4.90 Å². The average molecular weight is 604 g/mol. The van der Waals surface area contributed by atoms with Crippen molar-refractivity contribution in [1.29, 1.82) is 0 Å². The molecule has 5 aromatic carbocycles. The third kappa shape index (κ3) is 8.15. The smallest absolute Gasteiger partial charge is 0.0462 e. The molecule has 0 unspecified atom stereocenters. The number of rotatable bonds is 15. The summed E-state index contributed by atoms with van der Waals surface area (Å²) in [5.41, 5.74) is 13.8. The molecule has 5 aromatic rings. The topological polar surface area (TPSA) is 3.24 Å². The third-order valence-electron chi connectivity index (χ3n) is 8.96. The predicted octanol–water partition coefficient (Wildman–Crippen LogP) is 13.8. The van der Waals surface area contributed by atoms with Crippen LogP contribution in [0.15, 0.2) is 146 Å². The second-order valence-electron chi connectivity index (χ2n) is 12.2. The van der Waals surface area contributed by atoms with Crippen LogP contribution in [0.4, 0.5) is 17.1 Å². The summed E-state index contributed by atoms with van der Waals surface area (Å²) in [6.45, 7) is 11.0. The third-order valence-corrected chi connectivity index (χ3v) is 8.96. The fraction of sp³-hybridized carbons (Fsp3) is 0.244. The van der Waals surface area contributed by atoms with Crippen molar-refractivity contribution in [3.05, 3.63) is 157 Å². The van der Waals surface area contributed by atoms with Crippen LogP contribution in [0.25, 0.3) is 27.8 Å². The van der Waals surface area contributed by atoms with E-state index in [-0.39, 0.29) is 0 Å². The summed E-state index contributed by atoms with van der Waals surface area (Å²) >= 11 is 0. The number of anilines is 3. The molecule has 234 valence electrons. The average Bonchev–Trinajstić information content (AvgIpc) is 3.12. The van der Waals surface area contributed by atoms with Gasteiger partial charge in [0.2, 0.25) is 0 Å². The minimum absolute atomic E-state index is 1.06. The van der Waals surface area contributed by atoms with Gasteiger partial charge in [-0.25, -0.2) is 0 Å². The lowest BCUT2D eigenvalue weighted by Gasteiger charge is -2.26. The van der Waals surface area contributed by atoms with Gasteiger partial charge in [-0.3, -0.25) is 0 Å². The Morgan fingerprint density at radius 1 is 0.543 bits per heavy atom. The maximum atomic E-state index is 4.22. The molecule has 1 nitrogen and oxygen atoms in total. The summed E-state index contributed by atoms with van der Waals surface area (Å²) in [6.07, 6.45) is 11.7. The summed E-state index contributed by atoms with van der Waals surface area (Å²) in [7, 11) is 0. The van der Waals surface area contributed by atoms with Gasteiger partial charge in [-0.15, -0.1) is 0 Å². The van der Waals surface area contributed by atoms with E-state index in [9.17, 15) is 0 Å². The Bertz CT molecular complexity index is 1670. The quantitative estimate of drug-likeness (QED) is 0.0850. The van der Waals surface area contributed by atoms with Crippen LogP contribution in [-0.4, -0.2) is 0 Å². The Kier molecular flexibility index (Phi) is 11.8. The van der Waals surface area contributed by atoms with Gasteiger partial charge in [0.25, 0.3) is 0 Å². The molecule has 0 aliphatic carbocycles. The molecule has 0 aliphatic heterocycles. The van der Waals surface area contributed by atoms with E-state index in [2.05, 4.69) is 166 Å². The van der Waals surface area contributed by atoms with Crippen LogP contribution in [0, 0.1) is 0 Å². The highest BCUT2D eigenvalue weighted by molar-refractivity contribution is 5.82. The normalized spacial score (nSPS) is 11.6. The molecule has 46 heavy (non-hydrogen) atoms. The molecule has 0 aromatic heterocycles. The second kappa shape index (κ2) is 16.6. The number of hydrogen-bond donors (Lipinski definition) is 0. The molecule has 0 N–H and O–H groups in total. The van der Waals surface area contributed by atoms with Crippen molar-refractivity contribution < 1.29 is 0 Å². The molecule has 0 heterocycles. The van der Waals surface area contributed by atoms with Gasteiger partial charge in [0.1, 0.15) is 0 Å². The molecule has 0 spiro atoms. The maximum absolute atomic E-state index is 4.22. The summed E-state index contributed by atoms with van der Waals surface area (Å²) in [5, 5.41) is 0. The highest BCUT2D eigenvalue weighted by atomic mass is 15.1. The van der Waals surface area contributed by atoms with Gasteiger partial charge in [0.05, 0.1) is 0 Å². The van der Waals surface area contributed by atoms with E-state index in [1.54, 1.807) is 0 Å². The molecule has 0 radical (unpaired) electrons. The van der Waals surface area contributed by atoms with Crippen molar-refractivity contribution in [3.8, 4) is 22.3 Å². The Morgan fingerprint density at radius 3 is 1.52 bits per heavy atom. The first kappa shape index (κ1) is 32.8. The van der Waals surface area contributed by atoms with E-state index in [1.807, 2.05) is 0 Å². The van der Waals surface area contributed by atoms with E-state index in [0.29, 0.717) is 0 Å². The van der Waals surface area contributed by atoms with Crippen LogP contribution in [0.3, 0.4) is 0 Å². The van der Waals surface area contributed by atoms with Crippen molar-refractivity contribution in [2.24, 2.45) is 0 Å². The molecular formula is C45H49N. The van der Waals surface area contributed by atoms with Crippen LogP contribution < -0.4 is 4.90 Å². The van der Waals surface area contributed by atoms with Crippen LogP contribution in [0.5, 0.6) is 0 Å². The van der Waals surface area contributed by atoms with E-state index in [4.69, 9.17) is 0 Å². The largest absolute Gasteiger partial charge is 0.311 e. The first-order chi connectivity index (χ1) is 22.6. The summed E-state index contributed by atoms with van der Waals surface area (Å²) < 4.78 is 0. The standard InChI is InChI=1S/C45H49N/c1-5-9-10-12-16-36(7-3)45(8-4)41-27-33-44(34-28-41)46(42-29-23-39(24-30-42)37-17-13-11-14-18-37)43-31-25-40(26-32-43)38-21-19-35(15-6-2)20-22-38/h8,11,13-14,17-34H,4-7,9-10,12,15-16H2,1-3H3/b45-36-. The lowest BCUT2D eigenvalue weighted by Crippen LogP contribution is -2.10. The molecule has 0 bridgehead atoms. The SMILES string of the molecule is C=C/C(=C(\CC)CCCCCC)c1ccc(N(c2ccc(-c3ccccc3)cc2)c2ccc(-c3ccc(CCC)cc3)cc2)cc1. The van der Waals surface area contributed by atoms with Gasteiger partial charge in [-0.05, 0) is 101 Å². The highest BCUT2D eigenvalue weighted by Crippen LogP contribution is 2.38. The second-order valence-corrected chi connectivity index (χ2v) is 12.2. The molecule has 5 rings (SSSR count). The van der Waals surface area contributed by atoms with Crippen LogP contribution in [-0.2, 0) is 6.42 Å². The van der Waals surface area contributed by atoms with Crippen LogP contribution in [0.2, 0.25) is 0 Å². The van der Waals surface area contributed by atoms with Crippen molar-refractivity contribution >= 4 is 22.6 Å². The first-order valence-corrected chi connectivity index (χ1v) is 17.2. The van der Waals surface area contributed by atoms with Gasteiger partial charge in [0.15, 0.2) is 0 Å². The van der Waals surface area contributed by atoms with Gasteiger partial charge in [0, 0.05) is 17.1 Å². The molecule has 1 heteroatoms. The number of allylic oxidation sites excluding steroid dienone is 3. The maximum Gasteiger partial charge on any atom is 0.0462 e. The van der Waals surface area contributed by atoms with Crippen molar-refractivity contribution in [2.75, 3.05) is 4.90 Å². The molecular weight excluding hydrogens is 555 g/mol. The number of benzene rings is 5. The molecule has 0 aliphatic rings. The lowest BCUT2D eigenvalue weighted by molar-refractivity contribution is 0.658. The Hall–Kier alpha value is -4.62. The number of hydrogen-bond acceptors (Lipinski definition) is 1. The number of nitrogens with zero attached hydrogens (tertiary/aromatic N) is 1. The van der Waals surface area contributed by atoms with E-state index in [0.717, 1.165) is 36.3 Å². The van der Waals surface area contributed by atoms with Crippen molar-refractivity contribution in [3.63, 3.8) is 0 Å². The molecule has 0 amide bonds. The van der Waals surface area contributed by atoms with E-state index < -0.39 is 0 Å². The minimum atomic E-state index is 1.06. The predicted molar refractivity (Wildman–Crippen MR) is 202 cm³/mol. The fourth-order valence-electron chi connectivity index (χ4n) is 6.36. The Morgan fingerprint density at radius 2 is 1.04 bits per heavy atom. The van der Waals surface area contributed by atoms with E-state index in [1.165, 1.54) is 76.6 Å². The summed E-state index contributed by atoms with van der Waals surface area (Å²) in [5.74, 6) is 0. The van der Waals surface area contributed by atoms with E-state index >= 15 is 0 Å². The zero-order chi connectivity index (χ0) is 32.1. The van der Waals surface area contributed by atoms with Crippen molar-refractivity contribution in [1.82, 2.24) is 0 Å². The Labute approximate surface area is 278 Å². The minimum Gasteiger partial charge on any atom is -0.311 e. The zero-order valence-corrected chi connectivity index (χ0v) is 28.0. The number of aryl methyl sites for hydroxylation is 1. The fourth-order valence-corrected chi connectivity index (χ4v) is 6.36. The van der Waals surface area contributed by atoms with Crippen LogP contribution in [0.1, 0.15) is 76.8 Å². The van der Waals surface area contributed by atoms with Gasteiger partial charge in [-0.2, -0.15) is 0 Å². The highest BCUT2D eigenvalue weighted by Gasteiger charge is 2.14. The zero-order valence-electron chi connectivity index (χ0n) is 28.0. The monoisotopic (exact) mass is 603 g/mol. The summed E-state index contributed by atoms with van der Waals surface area (Å²) in [4.78, 5) is 2.36. The molecule has 0 atom stereocenters. The van der Waals surface area contributed by atoms with Gasteiger partial charge >= 0.3 is 0 Å². The molecule has 0 fully saturated rings. The summed E-state index contributed by atoms with van der Waals surface area (Å²) in [6, 6.07) is 46.6. The van der Waals surface area contributed by atoms with Gasteiger partial charge in [-0.1, -0.05) is 156 Å². The lowest BCUT2D eigenvalue weighted by atomic mass is 9.94. The first-order valence-electron chi connectivity index (χ1n) is 17.2. The Balaban J connectivity index is 1.48. The molecule has 0 saturated heterocycles. The number of unbranched alkanes of at least 4 members (excludes halogenated alkanes) is 3. The van der Waals surface area contributed by atoms with Crippen LogP contribution >= 0.6 is 0 Å². The van der Waals surface area contributed by atoms with Crippen molar-refractivity contribution in [2.45, 2.75) is 72.1 Å². The molecule has 0 saturated carbocycles.